The first-order valence-corrected chi connectivity index (χ1v) is 11.5. The van der Waals surface area contributed by atoms with Crippen molar-refractivity contribution in [3.63, 3.8) is 0 Å². The summed E-state index contributed by atoms with van der Waals surface area (Å²) in [5, 5.41) is 0. The number of hydrogen-bond acceptors (Lipinski definition) is 6. The fourth-order valence-electron chi connectivity index (χ4n) is 5.06. The third-order valence-corrected chi connectivity index (χ3v) is 6.76. The number of fused-ring (bicyclic) bond motifs is 1. The first-order valence-electron chi connectivity index (χ1n) is 11.5. The second-order valence-electron chi connectivity index (χ2n) is 8.73. The van der Waals surface area contributed by atoms with E-state index >= 15 is 0 Å². The molecular weight excluding hydrogens is 390 g/mol. The maximum absolute atomic E-state index is 5.77. The number of piperazine rings is 1. The van der Waals surface area contributed by atoms with Crippen LogP contribution in [0.2, 0.25) is 0 Å². The lowest BCUT2D eigenvalue weighted by atomic mass is 10.0. The molecule has 5 rings (SSSR count). The molecule has 0 bridgehead atoms. The van der Waals surface area contributed by atoms with Crippen molar-refractivity contribution in [1.82, 2.24) is 9.80 Å². The fraction of sp³-hybridized carbons (Fsp3) is 0.520. The monoisotopic (exact) mass is 423 g/mol. The second-order valence-corrected chi connectivity index (χ2v) is 8.73. The maximum Gasteiger partial charge on any atom is 0.161 e. The van der Waals surface area contributed by atoms with Crippen molar-refractivity contribution in [1.29, 1.82) is 0 Å². The van der Waals surface area contributed by atoms with Gasteiger partial charge in [0.05, 0.1) is 7.11 Å². The Kier molecular flexibility index (Phi) is 6.18. The molecule has 3 heterocycles. The van der Waals surface area contributed by atoms with Crippen LogP contribution in [0.15, 0.2) is 42.5 Å². The third kappa shape index (κ3) is 4.75. The molecule has 0 unspecified atom stereocenters. The van der Waals surface area contributed by atoms with E-state index in [1.54, 1.807) is 7.11 Å². The quantitative estimate of drug-likeness (QED) is 0.735. The molecule has 0 amide bonds. The molecule has 3 aliphatic heterocycles. The molecule has 2 saturated heterocycles. The van der Waals surface area contributed by atoms with Crippen molar-refractivity contribution in [3.05, 3.63) is 48.0 Å². The Labute approximate surface area is 185 Å². The topological polar surface area (TPSA) is 37.4 Å². The van der Waals surface area contributed by atoms with Crippen molar-refractivity contribution in [3.8, 4) is 17.2 Å². The molecule has 6 nitrogen and oxygen atoms in total. The highest BCUT2D eigenvalue weighted by Crippen LogP contribution is 2.31. The van der Waals surface area contributed by atoms with Crippen LogP contribution in [0.3, 0.4) is 0 Å². The minimum atomic E-state index is 0.644. The average Bonchev–Trinajstić information content (AvgIpc) is 2.84. The van der Waals surface area contributed by atoms with E-state index in [0.29, 0.717) is 19.3 Å². The first-order chi connectivity index (χ1) is 15.3. The molecule has 2 fully saturated rings. The summed E-state index contributed by atoms with van der Waals surface area (Å²) in [7, 11) is 1.72. The molecule has 0 radical (unpaired) electrons. The Morgan fingerprint density at radius 2 is 1.68 bits per heavy atom. The lowest BCUT2D eigenvalue weighted by molar-refractivity contribution is 0.0886. The van der Waals surface area contributed by atoms with Crippen LogP contribution in [-0.2, 0) is 6.54 Å². The summed E-state index contributed by atoms with van der Waals surface area (Å²) in [6.45, 7) is 9.04. The predicted molar refractivity (Wildman–Crippen MR) is 123 cm³/mol. The van der Waals surface area contributed by atoms with Gasteiger partial charge in [0.15, 0.2) is 11.5 Å². The SMILES string of the molecule is COc1ccc(N2CCN([C@@H]3CCCN(Cc4ccc5c(c4)OCCO5)C3)CC2)cc1. The molecule has 0 aliphatic carbocycles. The summed E-state index contributed by atoms with van der Waals surface area (Å²) in [6, 6.07) is 15.5. The van der Waals surface area contributed by atoms with Crippen LogP contribution in [0, 0.1) is 0 Å². The van der Waals surface area contributed by atoms with E-state index in [2.05, 4.69) is 57.2 Å². The Morgan fingerprint density at radius 3 is 2.45 bits per heavy atom. The molecule has 0 N–H and O–H groups in total. The Bertz CT molecular complexity index is 865. The van der Waals surface area contributed by atoms with Gasteiger partial charge in [0.1, 0.15) is 19.0 Å². The van der Waals surface area contributed by atoms with Crippen LogP contribution >= 0.6 is 0 Å². The van der Waals surface area contributed by atoms with Gasteiger partial charge in [-0.1, -0.05) is 6.07 Å². The van der Waals surface area contributed by atoms with Crippen molar-refractivity contribution in [2.75, 3.05) is 64.5 Å². The zero-order chi connectivity index (χ0) is 21.0. The van der Waals surface area contributed by atoms with E-state index in [4.69, 9.17) is 14.2 Å². The van der Waals surface area contributed by atoms with Gasteiger partial charge in [-0.25, -0.2) is 0 Å². The van der Waals surface area contributed by atoms with E-state index in [-0.39, 0.29) is 0 Å². The van der Waals surface area contributed by atoms with Crippen LogP contribution in [0.1, 0.15) is 18.4 Å². The normalized spacial score (nSPS) is 22.4. The lowest BCUT2D eigenvalue weighted by Gasteiger charge is -2.44. The van der Waals surface area contributed by atoms with Crippen molar-refractivity contribution < 1.29 is 14.2 Å². The highest BCUT2D eigenvalue weighted by Gasteiger charge is 2.28. The van der Waals surface area contributed by atoms with Gasteiger partial charge in [-0.2, -0.15) is 0 Å². The van der Waals surface area contributed by atoms with Crippen LogP contribution < -0.4 is 19.1 Å². The molecule has 0 spiro atoms. The zero-order valence-corrected chi connectivity index (χ0v) is 18.5. The van der Waals surface area contributed by atoms with Gasteiger partial charge in [0.25, 0.3) is 0 Å². The molecule has 0 aromatic heterocycles. The minimum absolute atomic E-state index is 0.644. The summed E-state index contributed by atoms with van der Waals surface area (Å²) >= 11 is 0. The molecule has 3 aliphatic rings. The molecule has 1 atom stereocenters. The van der Waals surface area contributed by atoms with Crippen LogP contribution in [-0.4, -0.2) is 75.4 Å². The van der Waals surface area contributed by atoms with Crippen molar-refractivity contribution in [2.45, 2.75) is 25.4 Å². The lowest BCUT2D eigenvalue weighted by Crippen LogP contribution is -2.55. The summed E-state index contributed by atoms with van der Waals surface area (Å²) in [5.74, 6) is 2.69. The maximum atomic E-state index is 5.77. The van der Waals surface area contributed by atoms with Crippen LogP contribution in [0.25, 0.3) is 0 Å². The van der Waals surface area contributed by atoms with Gasteiger partial charge in [-0.3, -0.25) is 9.80 Å². The van der Waals surface area contributed by atoms with E-state index in [9.17, 15) is 0 Å². The molecule has 166 valence electrons. The number of anilines is 1. The van der Waals surface area contributed by atoms with Crippen LogP contribution in [0.4, 0.5) is 5.69 Å². The van der Waals surface area contributed by atoms with Gasteiger partial charge >= 0.3 is 0 Å². The highest BCUT2D eigenvalue weighted by atomic mass is 16.6. The first kappa shape index (κ1) is 20.5. The Hall–Kier alpha value is -2.44. The number of rotatable bonds is 5. The van der Waals surface area contributed by atoms with Gasteiger partial charge in [-0.05, 0) is 61.3 Å². The van der Waals surface area contributed by atoms with E-state index in [0.717, 1.165) is 56.5 Å². The molecule has 31 heavy (non-hydrogen) atoms. The van der Waals surface area contributed by atoms with Gasteiger partial charge in [0.2, 0.25) is 0 Å². The van der Waals surface area contributed by atoms with E-state index in [1.165, 1.54) is 30.6 Å². The minimum Gasteiger partial charge on any atom is -0.497 e. The molecule has 6 heteroatoms. The third-order valence-electron chi connectivity index (χ3n) is 6.76. The molecule has 2 aromatic rings. The number of ether oxygens (including phenoxy) is 3. The Morgan fingerprint density at radius 1 is 0.903 bits per heavy atom. The standard InChI is InChI=1S/C25H33N3O3/c1-29-23-7-5-21(6-8-23)27-11-13-28(14-12-27)22-3-2-10-26(19-22)18-20-4-9-24-25(17-20)31-16-15-30-24/h4-9,17,22H,2-3,10-16,18-19H2,1H3/t22-/m1/s1. The molecule has 0 saturated carbocycles. The summed E-state index contributed by atoms with van der Waals surface area (Å²) in [4.78, 5) is 7.80. The summed E-state index contributed by atoms with van der Waals surface area (Å²) in [6.07, 6.45) is 2.58. The summed E-state index contributed by atoms with van der Waals surface area (Å²) in [5.41, 5.74) is 2.61. The van der Waals surface area contributed by atoms with E-state index in [1.807, 2.05) is 0 Å². The number of benzene rings is 2. The molecule has 2 aromatic carbocycles. The average molecular weight is 424 g/mol. The highest BCUT2D eigenvalue weighted by molar-refractivity contribution is 5.49. The largest absolute Gasteiger partial charge is 0.497 e. The number of hydrogen-bond donors (Lipinski definition) is 0. The van der Waals surface area contributed by atoms with Crippen LogP contribution in [0.5, 0.6) is 17.2 Å². The molecular formula is C25H33N3O3. The number of likely N-dealkylation sites (tertiary alicyclic amines) is 1. The number of nitrogens with zero attached hydrogens (tertiary/aromatic N) is 3. The second kappa shape index (κ2) is 9.37. The number of piperidine rings is 1. The zero-order valence-electron chi connectivity index (χ0n) is 18.5. The smallest absolute Gasteiger partial charge is 0.161 e. The van der Waals surface area contributed by atoms with Gasteiger partial charge in [-0.15, -0.1) is 0 Å². The predicted octanol–water partition coefficient (Wildman–Crippen LogP) is 3.25. The number of methoxy groups -OCH3 is 1. The summed E-state index contributed by atoms with van der Waals surface area (Å²) < 4.78 is 16.7. The van der Waals surface area contributed by atoms with Gasteiger partial charge < -0.3 is 19.1 Å². The van der Waals surface area contributed by atoms with Crippen molar-refractivity contribution in [2.24, 2.45) is 0 Å². The van der Waals surface area contributed by atoms with E-state index < -0.39 is 0 Å². The fourth-order valence-corrected chi connectivity index (χ4v) is 5.06. The van der Waals surface area contributed by atoms with Gasteiger partial charge in [0, 0.05) is 51.0 Å². The van der Waals surface area contributed by atoms with Crippen molar-refractivity contribution >= 4 is 5.69 Å². The Balaban J connectivity index is 1.15.